The highest BCUT2D eigenvalue weighted by atomic mass is 32.2. The highest BCUT2D eigenvalue weighted by molar-refractivity contribution is 7.98. The van der Waals surface area contributed by atoms with Crippen LogP contribution in [0.3, 0.4) is 0 Å². The molecule has 2 heterocycles. The Morgan fingerprint density at radius 2 is 2.39 bits per heavy atom. The van der Waals surface area contributed by atoms with Crippen LogP contribution in [0.1, 0.15) is 16.7 Å². The minimum absolute atomic E-state index is 0.0838. The number of aromatic nitrogens is 1. The average molecular weight is 349 g/mol. The number of thiazole rings is 1. The lowest BCUT2D eigenvalue weighted by Gasteiger charge is -2.32. The van der Waals surface area contributed by atoms with Gasteiger partial charge in [0.1, 0.15) is 11.1 Å². The van der Waals surface area contributed by atoms with Crippen LogP contribution in [-0.4, -0.2) is 41.9 Å². The quantitative estimate of drug-likeness (QED) is 0.857. The van der Waals surface area contributed by atoms with Gasteiger partial charge in [0, 0.05) is 23.0 Å². The molecule has 1 aliphatic heterocycles. The van der Waals surface area contributed by atoms with Gasteiger partial charge in [-0.3, -0.25) is 0 Å². The van der Waals surface area contributed by atoms with Crippen LogP contribution in [0.2, 0.25) is 0 Å². The minimum atomic E-state index is -0.133. The van der Waals surface area contributed by atoms with Gasteiger partial charge in [0.15, 0.2) is 0 Å². The lowest BCUT2D eigenvalue weighted by Crippen LogP contribution is -2.44. The molecule has 2 aromatic rings. The highest BCUT2D eigenvalue weighted by Crippen LogP contribution is 2.29. The second-order valence-electron chi connectivity index (χ2n) is 5.26. The van der Waals surface area contributed by atoms with E-state index in [0.717, 1.165) is 21.2 Å². The number of ether oxygens (including phenoxy) is 1. The largest absolute Gasteiger partial charge is 0.367 e. The van der Waals surface area contributed by atoms with Crippen molar-refractivity contribution in [2.24, 2.45) is 0 Å². The third-order valence-corrected chi connectivity index (χ3v) is 5.41. The number of morpholine rings is 1. The third kappa shape index (κ3) is 3.68. The monoisotopic (exact) mass is 349 g/mol. The number of carbonyl (C=O) groups excluding carboxylic acids is 1. The molecule has 0 spiro atoms. The Labute approximate surface area is 144 Å². The van der Waals surface area contributed by atoms with Crippen molar-refractivity contribution in [3.63, 3.8) is 0 Å². The van der Waals surface area contributed by atoms with Crippen molar-refractivity contribution >= 4 is 34.8 Å². The zero-order valence-corrected chi connectivity index (χ0v) is 14.7. The fourth-order valence-corrected chi connectivity index (χ4v) is 3.84. The fraction of sp³-hybridized carbons (Fsp3) is 0.375. The van der Waals surface area contributed by atoms with E-state index in [1.165, 1.54) is 0 Å². The second-order valence-corrected chi connectivity index (χ2v) is 7.03. The van der Waals surface area contributed by atoms with Gasteiger partial charge in [-0.05, 0) is 24.8 Å². The van der Waals surface area contributed by atoms with Crippen LogP contribution in [0, 0.1) is 6.92 Å². The molecular weight excluding hydrogens is 330 g/mol. The van der Waals surface area contributed by atoms with Crippen LogP contribution in [0.5, 0.6) is 0 Å². The van der Waals surface area contributed by atoms with E-state index in [4.69, 9.17) is 4.74 Å². The van der Waals surface area contributed by atoms with E-state index < -0.39 is 0 Å². The van der Waals surface area contributed by atoms with Crippen molar-refractivity contribution in [1.82, 2.24) is 9.88 Å². The molecule has 23 heavy (non-hydrogen) atoms. The molecule has 1 aromatic heterocycles. The van der Waals surface area contributed by atoms with E-state index in [1.54, 1.807) is 34.2 Å². The first-order chi connectivity index (χ1) is 11.2. The number of anilines is 1. The molecule has 1 atom stereocenters. The number of urea groups is 1. The predicted molar refractivity (Wildman–Crippen MR) is 94.4 cm³/mol. The molecule has 1 aliphatic rings. The SMILES string of the molecule is CSc1cccc(C)c1NC(=O)N1CCO[C@@H](c2nccs2)C1. The van der Waals surface area contributed by atoms with E-state index in [0.29, 0.717) is 19.7 Å². The van der Waals surface area contributed by atoms with Crippen molar-refractivity contribution in [2.75, 3.05) is 31.3 Å². The van der Waals surface area contributed by atoms with Crippen LogP contribution in [-0.2, 0) is 4.74 Å². The summed E-state index contributed by atoms with van der Waals surface area (Å²) in [7, 11) is 0. The molecule has 7 heteroatoms. The Balaban J connectivity index is 1.71. The second kappa shape index (κ2) is 7.33. The zero-order valence-electron chi connectivity index (χ0n) is 13.1. The van der Waals surface area contributed by atoms with Crippen molar-refractivity contribution in [3.8, 4) is 0 Å². The lowest BCUT2D eigenvalue weighted by atomic mass is 10.2. The molecule has 1 N–H and O–H groups in total. The number of hydrogen-bond donors (Lipinski definition) is 1. The van der Waals surface area contributed by atoms with E-state index in [2.05, 4.69) is 10.3 Å². The Kier molecular flexibility index (Phi) is 5.20. The van der Waals surface area contributed by atoms with Crippen molar-refractivity contribution in [2.45, 2.75) is 17.9 Å². The molecule has 3 rings (SSSR count). The van der Waals surface area contributed by atoms with Crippen molar-refractivity contribution in [1.29, 1.82) is 0 Å². The highest BCUT2D eigenvalue weighted by Gasteiger charge is 2.27. The summed E-state index contributed by atoms with van der Waals surface area (Å²) in [5.41, 5.74) is 1.96. The summed E-state index contributed by atoms with van der Waals surface area (Å²) in [5.74, 6) is 0. The molecule has 5 nitrogen and oxygen atoms in total. The number of nitrogens with zero attached hydrogens (tertiary/aromatic N) is 2. The van der Waals surface area contributed by atoms with Crippen molar-refractivity contribution < 1.29 is 9.53 Å². The van der Waals surface area contributed by atoms with Gasteiger partial charge in [0.25, 0.3) is 0 Å². The van der Waals surface area contributed by atoms with Gasteiger partial charge >= 0.3 is 6.03 Å². The Hall–Kier alpha value is -1.57. The Bertz CT molecular complexity index is 676. The topological polar surface area (TPSA) is 54.5 Å². The van der Waals surface area contributed by atoms with Gasteiger partial charge in [-0.1, -0.05) is 12.1 Å². The molecular formula is C16H19N3O2S2. The number of nitrogens with one attached hydrogen (secondary N) is 1. The van der Waals surface area contributed by atoms with Crippen LogP contribution < -0.4 is 5.32 Å². The van der Waals surface area contributed by atoms with Crippen LogP contribution in [0.15, 0.2) is 34.7 Å². The zero-order chi connectivity index (χ0) is 16.2. The summed E-state index contributed by atoms with van der Waals surface area (Å²) in [6.07, 6.45) is 3.64. The number of amides is 2. The molecule has 0 saturated carbocycles. The maximum Gasteiger partial charge on any atom is 0.322 e. The maximum absolute atomic E-state index is 12.6. The normalized spacial score (nSPS) is 18.0. The molecule has 2 amide bonds. The van der Waals surface area contributed by atoms with Gasteiger partial charge in [-0.15, -0.1) is 23.1 Å². The van der Waals surface area contributed by atoms with E-state index in [1.807, 2.05) is 36.8 Å². The Morgan fingerprint density at radius 1 is 1.52 bits per heavy atom. The summed E-state index contributed by atoms with van der Waals surface area (Å²) in [4.78, 5) is 19.8. The molecule has 122 valence electrons. The molecule has 0 aliphatic carbocycles. The molecule has 0 unspecified atom stereocenters. The third-order valence-electron chi connectivity index (χ3n) is 3.77. The number of rotatable bonds is 3. The molecule has 0 bridgehead atoms. The van der Waals surface area contributed by atoms with Crippen LogP contribution in [0.25, 0.3) is 0 Å². The first-order valence-electron chi connectivity index (χ1n) is 7.39. The molecule has 1 saturated heterocycles. The number of para-hydroxylation sites is 1. The van der Waals surface area contributed by atoms with Gasteiger partial charge in [0.05, 0.1) is 18.8 Å². The van der Waals surface area contributed by atoms with Gasteiger partial charge in [0.2, 0.25) is 0 Å². The van der Waals surface area contributed by atoms with Gasteiger partial charge < -0.3 is 15.0 Å². The smallest absolute Gasteiger partial charge is 0.322 e. The van der Waals surface area contributed by atoms with Crippen molar-refractivity contribution in [3.05, 3.63) is 40.3 Å². The van der Waals surface area contributed by atoms with Crippen LogP contribution >= 0.6 is 23.1 Å². The average Bonchev–Trinajstić information content (AvgIpc) is 3.11. The number of thioether (sulfide) groups is 1. The summed E-state index contributed by atoms with van der Waals surface area (Å²) in [6, 6.07) is 5.95. The van der Waals surface area contributed by atoms with E-state index in [9.17, 15) is 4.79 Å². The fourth-order valence-electron chi connectivity index (χ4n) is 2.53. The summed E-state index contributed by atoms with van der Waals surface area (Å²) in [6.45, 7) is 3.65. The summed E-state index contributed by atoms with van der Waals surface area (Å²) >= 11 is 3.19. The number of benzene rings is 1. The summed E-state index contributed by atoms with van der Waals surface area (Å²) in [5, 5.41) is 5.90. The maximum atomic E-state index is 12.6. The van der Waals surface area contributed by atoms with Gasteiger partial charge in [-0.25, -0.2) is 9.78 Å². The number of carbonyl (C=O) groups is 1. The van der Waals surface area contributed by atoms with Crippen LogP contribution in [0.4, 0.5) is 10.5 Å². The molecule has 0 radical (unpaired) electrons. The standard InChI is InChI=1S/C16H19N3O2S2/c1-11-4-3-5-13(22-2)14(11)18-16(20)19-7-8-21-12(10-19)15-17-6-9-23-15/h3-6,9,12H,7-8,10H2,1-2H3,(H,18,20)/t12-/m1/s1. The predicted octanol–water partition coefficient (Wildman–Crippen LogP) is 3.78. The van der Waals surface area contributed by atoms with Gasteiger partial charge in [-0.2, -0.15) is 0 Å². The number of aryl methyl sites for hydroxylation is 1. The summed E-state index contributed by atoms with van der Waals surface area (Å²) < 4.78 is 5.74. The lowest BCUT2D eigenvalue weighted by molar-refractivity contribution is -0.0136. The van der Waals surface area contributed by atoms with E-state index in [-0.39, 0.29) is 12.1 Å². The number of hydrogen-bond acceptors (Lipinski definition) is 5. The molecule has 1 fully saturated rings. The van der Waals surface area contributed by atoms with E-state index >= 15 is 0 Å². The molecule has 1 aromatic carbocycles. The first kappa shape index (κ1) is 16.3. The minimum Gasteiger partial charge on any atom is -0.367 e. The first-order valence-corrected chi connectivity index (χ1v) is 9.50. The Morgan fingerprint density at radius 3 is 3.13 bits per heavy atom.